The highest BCUT2D eigenvalue weighted by molar-refractivity contribution is 5.95. The van der Waals surface area contributed by atoms with Crippen molar-refractivity contribution in [2.75, 3.05) is 26.8 Å². The van der Waals surface area contributed by atoms with E-state index in [9.17, 15) is 14.4 Å². The third kappa shape index (κ3) is 4.93. The van der Waals surface area contributed by atoms with Crippen LogP contribution in [-0.4, -0.2) is 59.1 Å². The maximum absolute atomic E-state index is 13.1. The van der Waals surface area contributed by atoms with Crippen LogP contribution in [0.2, 0.25) is 0 Å². The number of benzene rings is 2. The number of fused-ring (bicyclic) bond motifs is 1. The Morgan fingerprint density at radius 1 is 1.12 bits per heavy atom. The summed E-state index contributed by atoms with van der Waals surface area (Å²) in [4.78, 5) is 42.2. The average molecular weight is 467 g/mol. The normalized spacial score (nSPS) is 14.4. The van der Waals surface area contributed by atoms with E-state index >= 15 is 0 Å². The highest BCUT2D eigenvalue weighted by Gasteiger charge is 2.27. The molecule has 34 heavy (non-hydrogen) atoms. The molecule has 9 nitrogen and oxygen atoms in total. The Labute approximate surface area is 197 Å². The lowest BCUT2D eigenvalue weighted by molar-refractivity contribution is -0.123. The van der Waals surface area contributed by atoms with Gasteiger partial charge in [0.2, 0.25) is 0 Å². The molecule has 9 heteroatoms. The van der Waals surface area contributed by atoms with E-state index in [1.165, 1.54) is 7.11 Å². The quantitative estimate of drug-likeness (QED) is 0.557. The molecule has 2 heterocycles. The van der Waals surface area contributed by atoms with Crippen LogP contribution in [0.5, 0.6) is 11.5 Å². The smallest absolute Gasteiger partial charge is 0.326 e. The molecule has 0 aliphatic carbocycles. The van der Waals surface area contributed by atoms with E-state index in [0.29, 0.717) is 43.0 Å². The fraction of sp³-hybridized carbons (Fsp3) is 0.400. The van der Waals surface area contributed by atoms with E-state index in [1.54, 1.807) is 23.1 Å². The number of para-hydroxylation sites is 2. The molecule has 3 aromatic rings. The van der Waals surface area contributed by atoms with Crippen LogP contribution in [0.4, 0.5) is 0 Å². The number of ether oxygens (including phenoxy) is 2. The first-order valence-corrected chi connectivity index (χ1v) is 11.5. The van der Waals surface area contributed by atoms with Gasteiger partial charge in [-0.05, 0) is 57.0 Å². The largest absolute Gasteiger partial charge is 0.493 e. The van der Waals surface area contributed by atoms with Crippen LogP contribution < -0.4 is 20.5 Å². The van der Waals surface area contributed by atoms with Crippen molar-refractivity contribution in [3.63, 3.8) is 0 Å². The number of nitrogens with zero attached hydrogens (tertiary/aromatic N) is 2. The number of rotatable bonds is 7. The van der Waals surface area contributed by atoms with E-state index in [4.69, 9.17) is 9.47 Å². The molecular formula is C25H30N4O5. The minimum Gasteiger partial charge on any atom is -0.493 e. The van der Waals surface area contributed by atoms with Crippen LogP contribution in [0.15, 0.2) is 47.3 Å². The number of carbonyl (C=O) groups excluding carboxylic acids is 2. The SMILES string of the molecule is COc1cc(C(=O)N2CCC(n3c(=O)[nH]c4ccccc43)CC2)ccc1OCC(=O)NC(C)C. The fourth-order valence-electron chi connectivity index (χ4n) is 4.37. The average Bonchev–Trinajstić information content (AvgIpc) is 3.17. The zero-order valence-electron chi connectivity index (χ0n) is 19.7. The van der Waals surface area contributed by atoms with Crippen molar-refractivity contribution in [1.82, 2.24) is 19.8 Å². The highest BCUT2D eigenvalue weighted by Crippen LogP contribution is 2.30. The van der Waals surface area contributed by atoms with Gasteiger partial charge < -0.3 is 24.7 Å². The van der Waals surface area contributed by atoms with Crippen molar-refractivity contribution in [3.05, 3.63) is 58.5 Å². The Kier molecular flexibility index (Phi) is 6.90. The van der Waals surface area contributed by atoms with Gasteiger partial charge in [-0.1, -0.05) is 12.1 Å². The van der Waals surface area contributed by atoms with Crippen molar-refractivity contribution in [1.29, 1.82) is 0 Å². The minimum atomic E-state index is -0.227. The molecule has 1 saturated heterocycles. The van der Waals surface area contributed by atoms with Crippen LogP contribution in [-0.2, 0) is 4.79 Å². The van der Waals surface area contributed by atoms with Gasteiger partial charge in [-0.3, -0.25) is 14.2 Å². The minimum absolute atomic E-state index is 0.0247. The molecule has 2 amide bonds. The van der Waals surface area contributed by atoms with E-state index in [0.717, 1.165) is 11.0 Å². The number of aromatic nitrogens is 2. The summed E-state index contributed by atoms with van der Waals surface area (Å²) in [5, 5.41) is 2.76. The van der Waals surface area contributed by atoms with Crippen molar-refractivity contribution < 1.29 is 19.1 Å². The number of imidazole rings is 1. The third-order valence-corrected chi connectivity index (χ3v) is 5.96. The molecule has 0 atom stereocenters. The van der Waals surface area contributed by atoms with Crippen LogP contribution >= 0.6 is 0 Å². The summed E-state index contributed by atoms with van der Waals surface area (Å²) in [5.41, 5.74) is 2.08. The van der Waals surface area contributed by atoms with Crippen molar-refractivity contribution in [3.8, 4) is 11.5 Å². The predicted octanol–water partition coefficient (Wildman–Crippen LogP) is 2.72. The molecule has 0 radical (unpaired) electrons. The standard InChI is InChI=1S/C25H30N4O5/c1-16(2)26-23(30)15-34-21-9-8-17(14-22(21)33-3)24(31)28-12-10-18(11-13-28)29-20-7-5-4-6-19(20)27-25(29)32/h4-9,14,16,18H,10-13,15H2,1-3H3,(H,26,30)(H,27,32). The molecule has 0 unspecified atom stereocenters. The van der Waals surface area contributed by atoms with Gasteiger partial charge in [0.05, 0.1) is 18.1 Å². The van der Waals surface area contributed by atoms with Gasteiger partial charge in [0.15, 0.2) is 18.1 Å². The summed E-state index contributed by atoms with van der Waals surface area (Å²) in [6.07, 6.45) is 1.38. The topological polar surface area (TPSA) is 106 Å². The first kappa shape index (κ1) is 23.4. The van der Waals surface area contributed by atoms with Gasteiger partial charge in [-0.25, -0.2) is 4.79 Å². The maximum Gasteiger partial charge on any atom is 0.326 e. The van der Waals surface area contributed by atoms with Gasteiger partial charge >= 0.3 is 5.69 Å². The predicted molar refractivity (Wildman–Crippen MR) is 129 cm³/mol. The molecule has 1 aliphatic rings. The number of hydrogen-bond acceptors (Lipinski definition) is 5. The van der Waals surface area contributed by atoms with Gasteiger partial charge in [-0.2, -0.15) is 0 Å². The first-order valence-electron chi connectivity index (χ1n) is 11.5. The second-order valence-electron chi connectivity index (χ2n) is 8.72. The van der Waals surface area contributed by atoms with E-state index in [-0.39, 0.29) is 36.2 Å². The molecule has 180 valence electrons. The Morgan fingerprint density at radius 3 is 2.56 bits per heavy atom. The molecule has 0 bridgehead atoms. The summed E-state index contributed by atoms with van der Waals surface area (Å²) in [5.74, 6) is 0.459. The summed E-state index contributed by atoms with van der Waals surface area (Å²) in [6.45, 7) is 4.71. The zero-order chi connectivity index (χ0) is 24.2. The molecule has 2 aromatic carbocycles. The lowest BCUT2D eigenvalue weighted by Gasteiger charge is -2.32. The van der Waals surface area contributed by atoms with Crippen molar-refractivity contribution >= 4 is 22.8 Å². The summed E-state index contributed by atoms with van der Waals surface area (Å²) < 4.78 is 12.8. The third-order valence-electron chi connectivity index (χ3n) is 5.96. The molecule has 1 fully saturated rings. The lowest BCUT2D eigenvalue weighted by atomic mass is 10.0. The monoisotopic (exact) mass is 466 g/mol. The highest BCUT2D eigenvalue weighted by atomic mass is 16.5. The molecule has 1 aliphatic heterocycles. The molecular weight excluding hydrogens is 436 g/mol. The van der Waals surface area contributed by atoms with Gasteiger partial charge in [0, 0.05) is 30.7 Å². The number of carbonyl (C=O) groups is 2. The number of likely N-dealkylation sites (tertiary alicyclic amines) is 1. The summed E-state index contributed by atoms with van der Waals surface area (Å²) in [6, 6.07) is 12.7. The second kappa shape index (κ2) is 10.0. The molecule has 4 rings (SSSR count). The van der Waals surface area contributed by atoms with Gasteiger partial charge in [-0.15, -0.1) is 0 Å². The molecule has 2 N–H and O–H groups in total. The molecule has 1 aromatic heterocycles. The number of H-pyrrole nitrogens is 1. The van der Waals surface area contributed by atoms with Crippen LogP contribution in [0, 0.1) is 0 Å². The van der Waals surface area contributed by atoms with Crippen molar-refractivity contribution in [2.24, 2.45) is 0 Å². The Morgan fingerprint density at radius 2 is 1.85 bits per heavy atom. The summed E-state index contributed by atoms with van der Waals surface area (Å²) >= 11 is 0. The van der Waals surface area contributed by atoms with Crippen LogP contribution in [0.3, 0.4) is 0 Å². The number of amides is 2. The lowest BCUT2D eigenvalue weighted by Crippen LogP contribution is -2.40. The zero-order valence-corrected chi connectivity index (χ0v) is 19.7. The van der Waals surface area contributed by atoms with Crippen LogP contribution in [0.25, 0.3) is 11.0 Å². The number of piperidine rings is 1. The Hall–Kier alpha value is -3.75. The Bertz CT molecular complexity index is 1240. The maximum atomic E-state index is 13.1. The number of nitrogens with one attached hydrogen (secondary N) is 2. The van der Waals surface area contributed by atoms with E-state index in [1.807, 2.05) is 42.7 Å². The Balaban J connectivity index is 1.41. The van der Waals surface area contributed by atoms with Crippen LogP contribution in [0.1, 0.15) is 43.1 Å². The number of hydrogen-bond donors (Lipinski definition) is 2. The first-order chi connectivity index (χ1) is 16.4. The molecule has 0 saturated carbocycles. The van der Waals surface area contributed by atoms with Gasteiger partial charge in [0.1, 0.15) is 0 Å². The van der Waals surface area contributed by atoms with E-state index in [2.05, 4.69) is 10.3 Å². The van der Waals surface area contributed by atoms with E-state index < -0.39 is 0 Å². The number of aromatic amines is 1. The summed E-state index contributed by atoms with van der Waals surface area (Å²) in [7, 11) is 1.50. The fourth-order valence-corrected chi connectivity index (χ4v) is 4.37. The molecule has 0 spiro atoms. The number of methoxy groups -OCH3 is 1. The van der Waals surface area contributed by atoms with Gasteiger partial charge in [0.25, 0.3) is 11.8 Å². The second-order valence-corrected chi connectivity index (χ2v) is 8.72. The van der Waals surface area contributed by atoms with Crippen molar-refractivity contribution in [2.45, 2.75) is 38.8 Å².